The van der Waals surface area contributed by atoms with E-state index in [4.69, 9.17) is 15.0 Å². The molecule has 0 aliphatic heterocycles. The molecule has 1 unspecified atom stereocenters. The molecule has 4 N–H and O–H groups in total. The average Bonchev–Trinajstić information content (AvgIpc) is 2.61. The molecular formula is C22H36N2O6S. The van der Waals surface area contributed by atoms with E-state index in [0.29, 0.717) is 18.8 Å². The van der Waals surface area contributed by atoms with Crippen LogP contribution >= 0.6 is 0 Å². The van der Waals surface area contributed by atoms with Gasteiger partial charge in [-0.2, -0.15) is 8.42 Å². The average molecular weight is 457 g/mol. The fourth-order valence-corrected chi connectivity index (χ4v) is 4.09. The maximum absolute atomic E-state index is 12.5. The Bertz CT molecular complexity index is 880. The minimum absolute atomic E-state index is 0.0791. The van der Waals surface area contributed by atoms with E-state index in [1.54, 1.807) is 6.07 Å². The zero-order valence-corrected chi connectivity index (χ0v) is 20.1. The molecule has 0 aliphatic rings. The quantitative estimate of drug-likeness (QED) is 0.143. The first-order chi connectivity index (χ1) is 14.2. The van der Waals surface area contributed by atoms with E-state index >= 15 is 0 Å². The fraction of sp³-hybridized carbons (Fsp3) is 0.636. The van der Waals surface area contributed by atoms with Crippen LogP contribution in [0, 0.1) is 25.7 Å². The number of benzene rings is 1. The van der Waals surface area contributed by atoms with E-state index in [1.807, 2.05) is 47.6 Å². The summed E-state index contributed by atoms with van der Waals surface area (Å²) in [4.78, 5) is 24.5. The second-order valence-electron chi connectivity index (χ2n) is 8.95. The summed E-state index contributed by atoms with van der Waals surface area (Å²) >= 11 is 0. The normalized spacial score (nSPS) is 14.4. The van der Waals surface area contributed by atoms with E-state index < -0.39 is 33.5 Å². The number of ether oxygens (including phenoxy) is 1. The van der Waals surface area contributed by atoms with Crippen molar-refractivity contribution in [1.82, 2.24) is 5.32 Å². The summed E-state index contributed by atoms with van der Waals surface area (Å²) in [6.45, 7) is 11.9. The van der Waals surface area contributed by atoms with Gasteiger partial charge in [0.25, 0.3) is 10.1 Å². The molecule has 0 aliphatic carbocycles. The molecule has 0 radical (unpaired) electrons. The third kappa shape index (κ3) is 7.99. The molecule has 2 atom stereocenters. The van der Waals surface area contributed by atoms with Gasteiger partial charge in [0.15, 0.2) is 0 Å². The molecule has 0 aromatic heterocycles. The van der Waals surface area contributed by atoms with Crippen molar-refractivity contribution in [3.63, 3.8) is 0 Å². The van der Waals surface area contributed by atoms with Crippen LogP contribution in [0.2, 0.25) is 0 Å². The van der Waals surface area contributed by atoms with Crippen LogP contribution in [0.1, 0.15) is 50.8 Å². The second kappa shape index (κ2) is 11.2. The van der Waals surface area contributed by atoms with Gasteiger partial charge >= 0.3 is 5.97 Å². The molecule has 1 aromatic rings. The molecule has 8 nitrogen and oxygen atoms in total. The number of carbonyl (C=O) groups excluding carboxylic acids is 2. The predicted octanol–water partition coefficient (Wildman–Crippen LogP) is 2.15. The van der Waals surface area contributed by atoms with Crippen molar-refractivity contribution >= 4 is 22.4 Å². The van der Waals surface area contributed by atoms with Crippen LogP contribution in [0.15, 0.2) is 12.1 Å². The van der Waals surface area contributed by atoms with Gasteiger partial charge in [-0.3, -0.25) is 4.55 Å². The van der Waals surface area contributed by atoms with E-state index in [9.17, 15) is 18.0 Å². The van der Waals surface area contributed by atoms with Crippen LogP contribution in [0.4, 0.5) is 0 Å². The highest BCUT2D eigenvalue weighted by Gasteiger charge is 2.36. The highest BCUT2D eigenvalue weighted by atomic mass is 32.2. The van der Waals surface area contributed by atoms with Gasteiger partial charge in [0.2, 0.25) is 0 Å². The lowest BCUT2D eigenvalue weighted by Crippen LogP contribution is -2.41. The van der Waals surface area contributed by atoms with Gasteiger partial charge < -0.3 is 20.6 Å². The smallest absolute Gasteiger partial charge is 0.328 e. The summed E-state index contributed by atoms with van der Waals surface area (Å²) in [5, 5.41) is 3.07. The van der Waals surface area contributed by atoms with Gasteiger partial charge in [-0.15, -0.1) is 0 Å². The molecule has 31 heavy (non-hydrogen) atoms. The van der Waals surface area contributed by atoms with Crippen molar-refractivity contribution in [3.8, 4) is 5.75 Å². The number of rotatable bonds is 12. The zero-order chi connectivity index (χ0) is 24.0. The van der Waals surface area contributed by atoms with Crippen molar-refractivity contribution in [2.24, 2.45) is 17.6 Å². The van der Waals surface area contributed by atoms with Gasteiger partial charge in [-0.05, 0) is 49.9 Å². The third-order valence-electron chi connectivity index (χ3n) is 5.50. The summed E-state index contributed by atoms with van der Waals surface area (Å²) in [6.07, 6.45) is 1.07. The van der Waals surface area contributed by atoms with Crippen LogP contribution in [0.3, 0.4) is 0 Å². The summed E-state index contributed by atoms with van der Waals surface area (Å²) in [6, 6.07) is 2.98. The Kier molecular flexibility index (Phi) is 9.81. The van der Waals surface area contributed by atoms with Crippen LogP contribution in [-0.4, -0.2) is 50.1 Å². The lowest BCUT2D eigenvalue weighted by atomic mass is 9.71. The lowest BCUT2D eigenvalue weighted by Gasteiger charge is -2.34. The van der Waals surface area contributed by atoms with E-state index in [2.05, 4.69) is 5.32 Å². The maximum Gasteiger partial charge on any atom is 0.328 e. The van der Waals surface area contributed by atoms with Crippen molar-refractivity contribution in [2.45, 2.75) is 59.4 Å². The fourth-order valence-electron chi connectivity index (χ4n) is 3.58. The highest BCUT2D eigenvalue weighted by Crippen LogP contribution is 2.40. The van der Waals surface area contributed by atoms with Gasteiger partial charge in [-0.1, -0.05) is 33.8 Å². The van der Waals surface area contributed by atoms with Crippen molar-refractivity contribution in [1.29, 1.82) is 0 Å². The van der Waals surface area contributed by atoms with Crippen molar-refractivity contribution in [3.05, 3.63) is 28.8 Å². The minimum Gasteiger partial charge on any atom is -0.425 e. The molecule has 0 fully saturated rings. The van der Waals surface area contributed by atoms with E-state index in [1.165, 1.54) is 0 Å². The van der Waals surface area contributed by atoms with Gasteiger partial charge in [0.1, 0.15) is 18.1 Å². The molecule has 1 rings (SSSR count). The topological polar surface area (TPSA) is 136 Å². The first-order valence-electron chi connectivity index (χ1n) is 10.4. The Balaban J connectivity index is 3.12. The number of hydrogen-bond donors (Lipinski definition) is 3. The van der Waals surface area contributed by atoms with Crippen LogP contribution in [0.5, 0.6) is 5.75 Å². The molecule has 176 valence electrons. The molecule has 1 aromatic carbocycles. The largest absolute Gasteiger partial charge is 0.425 e. The van der Waals surface area contributed by atoms with Gasteiger partial charge in [0.05, 0.1) is 5.75 Å². The first-order valence-corrected chi connectivity index (χ1v) is 12.0. The van der Waals surface area contributed by atoms with E-state index in [-0.39, 0.29) is 18.1 Å². The van der Waals surface area contributed by atoms with Gasteiger partial charge in [0, 0.05) is 23.4 Å². The Morgan fingerprint density at radius 2 is 1.90 bits per heavy atom. The first kappa shape index (κ1) is 27.2. The Morgan fingerprint density at radius 3 is 2.42 bits per heavy atom. The second-order valence-corrected chi connectivity index (χ2v) is 10.5. The Labute approximate surface area is 185 Å². The summed E-state index contributed by atoms with van der Waals surface area (Å²) in [7, 11) is -4.01. The molecule has 0 heterocycles. The standard InChI is InChI=1S/C22H36N2O6S/c1-14(2)20(23)21(26)30-18-11-15(3)10-16(4)19(18)22(5,6)17(13-25)12-24-8-7-9-31(27,28)29/h10-11,13-14,17,20,24H,7-9,12,23H2,1-6H3,(H,27,28,29)/t17?,20-/m0/s1. The Morgan fingerprint density at radius 1 is 1.29 bits per heavy atom. The Hall–Kier alpha value is -1.81. The molecule has 0 spiro atoms. The van der Waals surface area contributed by atoms with Crippen LogP contribution < -0.4 is 15.8 Å². The number of hydrogen-bond acceptors (Lipinski definition) is 7. The lowest BCUT2D eigenvalue weighted by molar-refractivity contribution is -0.136. The zero-order valence-electron chi connectivity index (χ0n) is 19.3. The summed E-state index contributed by atoms with van der Waals surface area (Å²) in [5.74, 6) is -1.03. The monoisotopic (exact) mass is 456 g/mol. The minimum atomic E-state index is -4.01. The highest BCUT2D eigenvalue weighted by molar-refractivity contribution is 7.85. The summed E-state index contributed by atoms with van der Waals surface area (Å²) < 4.78 is 36.2. The molecule has 0 saturated heterocycles. The molecule has 9 heteroatoms. The van der Waals surface area contributed by atoms with Crippen LogP contribution in [0.25, 0.3) is 0 Å². The van der Waals surface area contributed by atoms with Crippen molar-refractivity contribution in [2.75, 3.05) is 18.8 Å². The molecular weight excluding hydrogens is 420 g/mol. The summed E-state index contributed by atoms with van der Waals surface area (Å²) in [5.41, 5.74) is 7.83. The molecule has 0 saturated carbocycles. The number of carbonyl (C=O) groups is 2. The molecule has 0 amide bonds. The predicted molar refractivity (Wildman–Crippen MR) is 121 cm³/mol. The van der Waals surface area contributed by atoms with Crippen LogP contribution in [-0.2, 0) is 25.1 Å². The maximum atomic E-state index is 12.5. The third-order valence-corrected chi connectivity index (χ3v) is 6.30. The SMILES string of the molecule is Cc1cc(C)c(C(C)(C)C(C=O)CNCCCS(=O)(=O)O)c(OC(=O)[C@@H](N)C(C)C)c1. The number of nitrogens with one attached hydrogen (secondary N) is 1. The number of aryl methyl sites for hydroxylation is 2. The molecule has 0 bridgehead atoms. The van der Waals surface area contributed by atoms with Gasteiger partial charge in [-0.25, -0.2) is 4.79 Å². The number of esters is 1. The number of aldehydes is 1. The van der Waals surface area contributed by atoms with Crippen molar-refractivity contribution < 1.29 is 27.3 Å². The number of nitrogens with two attached hydrogens (primary N) is 1. The van der Waals surface area contributed by atoms with E-state index in [0.717, 1.165) is 23.0 Å².